The summed E-state index contributed by atoms with van der Waals surface area (Å²) >= 11 is 1.54. The number of fused-ring (bicyclic) bond motifs is 2. The fourth-order valence-corrected chi connectivity index (χ4v) is 6.45. The van der Waals surface area contributed by atoms with E-state index in [1.54, 1.807) is 24.3 Å². The summed E-state index contributed by atoms with van der Waals surface area (Å²) in [6, 6.07) is 23.3. The van der Waals surface area contributed by atoms with Crippen molar-refractivity contribution in [2.75, 3.05) is 7.11 Å². The molecule has 5 aromatic rings. The third-order valence-corrected chi connectivity index (χ3v) is 8.12. The first-order chi connectivity index (χ1) is 15.0. The van der Waals surface area contributed by atoms with Crippen molar-refractivity contribution in [2.45, 2.75) is 4.90 Å². The van der Waals surface area contributed by atoms with Crippen molar-refractivity contribution in [3.05, 3.63) is 84.6 Å². The van der Waals surface area contributed by atoms with E-state index in [2.05, 4.69) is 0 Å². The molecular formula is C24H17NO4S2. The standard InChI is InChI=1S/C24H17NO4S2/c1-29-17-10-12-18(13-11-17)31(27,28)25-20-8-4-3-7-19(20)24(21(25)15-26)23-14-16-6-2-5-9-22(16)30-23/h2-15H,1H3. The molecular weight excluding hydrogens is 430 g/mol. The lowest BCUT2D eigenvalue weighted by Gasteiger charge is -2.10. The molecule has 0 aliphatic carbocycles. The number of hydrogen-bond donors (Lipinski definition) is 0. The van der Waals surface area contributed by atoms with E-state index >= 15 is 0 Å². The van der Waals surface area contributed by atoms with Gasteiger partial charge in [-0.15, -0.1) is 11.3 Å². The van der Waals surface area contributed by atoms with E-state index in [1.165, 1.54) is 30.6 Å². The Kier molecular flexibility index (Phi) is 4.64. The van der Waals surface area contributed by atoms with Crippen LogP contribution >= 0.6 is 11.3 Å². The third-order valence-electron chi connectivity index (χ3n) is 5.25. The Hall–Kier alpha value is -3.42. The Morgan fingerprint density at radius 1 is 0.935 bits per heavy atom. The molecule has 0 amide bonds. The minimum absolute atomic E-state index is 0.0834. The van der Waals surface area contributed by atoms with Crippen LogP contribution in [0, 0.1) is 0 Å². The predicted molar refractivity (Wildman–Crippen MR) is 124 cm³/mol. The van der Waals surface area contributed by atoms with Crippen molar-refractivity contribution in [3.8, 4) is 16.2 Å². The molecule has 0 saturated heterocycles. The molecule has 0 bridgehead atoms. The largest absolute Gasteiger partial charge is 0.497 e. The molecule has 0 unspecified atom stereocenters. The van der Waals surface area contributed by atoms with Crippen LogP contribution in [0.15, 0.2) is 83.8 Å². The number of aldehydes is 1. The number of aromatic nitrogens is 1. The number of methoxy groups -OCH3 is 1. The molecule has 154 valence electrons. The minimum Gasteiger partial charge on any atom is -0.497 e. The molecule has 2 aromatic heterocycles. The van der Waals surface area contributed by atoms with E-state index in [-0.39, 0.29) is 10.6 Å². The number of thiophene rings is 1. The van der Waals surface area contributed by atoms with Gasteiger partial charge in [0.2, 0.25) is 0 Å². The van der Waals surface area contributed by atoms with E-state index < -0.39 is 10.0 Å². The van der Waals surface area contributed by atoms with Crippen LogP contribution in [0.4, 0.5) is 0 Å². The molecule has 0 saturated carbocycles. The van der Waals surface area contributed by atoms with Gasteiger partial charge in [-0.1, -0.05) is 36.4 Å². The lowest BCUT2D eigenvalue weighted by molar-refractivity contribution is 0.111. The van der Waals surface area contributed by atoms with Crippen LogP contribution in [0.3, 0.4) is 0 Å². The van der Waals surface area contributed by atoms with E-state index in [4.69, 9.17) is 4.74 Å². The highest BCUT2D eigenvalue weighted by molar-refractivity contribution is 7.90. The lowest BCUT2D eigenvalue weighted by Crippen LogP contribution is -2.15. The van der Waals surface area contributed by atoms with Gasteiger partial charge in [-0.3, -0.25) is 4.79 Å². The fourth-order valence-electron chi connectivity index (χ4n) is 3.81. The van der Waals surface area contributed by atoms with Crippen LogP contribution in [0.25, 0.3) is 31.4 Å². The normalized spacial score (nSPS) is 11.8. The van der Waals surface area contributed by atoms with E-state index in [9.17, 15) is 13.2 Å². The molecule has 5 nitrogen and oxygen atoms in total. The van der Waals surface area contributed by atoms with Gasteiger partial charge in [0.05, 0.1) is 17.5 Å². The van der Waals surface area contributed by atoms with E-state index in [0.29, 0.717) is 28.5 Å². The second kappa shape index (κ2) is 7.37. The smallest absolute Gasteiger partial charge is 0.268 e. The molecule has 0 aliphatic rings. The summed E-state index contributed by atoms with van der Waals surface area (Å²) < 4.78 is 34.6. The molecule has 0 spiro atoms. The molecule has 0 N–H and O–H groups in total. The second-order valence-electron chi connectivity index (χ2n) is 6.99. The SMILES string of the molecule is COc1ccc(S(=O)(=O)n2c(C=O)c(-c3cc4ccccc4s3)c3ccccc32)cc1. The Bertz CT molecular complexity index is 1510. The monoisotopic (exact) mass is 447 g/mol. The van der Waals surface area contributed by atoms with E-state index in [0.717, 1.165) is 18.9 Å². The van der Waals surface area contributed by atoms with Crippen LogP contribution in [0.2, 0.25) is 0 Å². The molecule has 0 fully saturated rings. The van der Waals surface area contributed by atoms with Gasteiger partial charge in [-0.2, -0.15) is 0 Å². The van der Waals surface area contributed by atoms with Crippen LogP contribution < -0.4 is 4.74 Å². The Balaban J connectivity index is 1.82. The van der Waals surface area contributed by atoms with Crippen molar-refractivity contribution in [2.24, 2.45) is 0 Å². The first kappa shape index (κ1) is 19.5. The second-order valence-corrected chi connectivity index (χ2v) is 9.86. The number of ether oxygens (including phenoxy) is 1. The maximum atomic E-state index is 13.6. The Labute approximate surface area is 183 Å². The number of carbonyl (C=O) groups excluding carboxylic acids is 1. The van der Waals surface area contributed by atoms with Crippen molar-refractivity contribution >= 4 is 48.6 Å². The van der Waals surface area contributed by atoms with Gasteiger partial charge in [-0.25, -0.2) is 12.4 Å². The molecule has 3 aromatic carbocycles. The molecule has 7 heteroatoms. The maximum Gasteiger partial charge on any atom is 0.268 e. The van der Waals surface area contributed by atoms with Crippen molar-refractivity contribution in [1.82, 2.24) is 3.97 Å². The zero-order valence-corrected chi connectivity index (χ0v) is 18.1. The first-order valence-electron chi connectivity index (χ1n) is 9.52. The topological polar surface area (TPSA) is 65.4 Å². The summed E-state index contributed by atoms with van der Waals surface area (Å²) in [5, 5.41) is 1.77. The molecule has 0 radical (unpaired) electrons. The first-order valence-corrected chi connectivity index (χ1v) is 11.8. The van der Waals surface area contributed by atoms with Gasteiger partial charge in [0.1, 0.15) is 11.4 Å². The number of hydrogen-bond acceptors (Lipinski definition) is 5. The highest BCUT2D eigenvalue weighted by atomic mass is 32.2. The summed E-state index contributed by atoms with van der Waals surface area (Å²) in [4.78, 5) is 13.2. The van der Waals surface area contributed by atoms with Crippen LogP contribution in [0.5, 0.6) is 5.75 Å². The number of para-hydroxylation sites is 1. The van der Waals surface area contributed by atoms with Gasteiger partial charge in [0.15, 0.2) is 6.29 Å². The van der Waals surface area contributed by atoms with Gasteiger partial charge >= 0.3 is 0 Å². The number of nitrogens with zero attached hydrogens (tertiary/aromatic N) is 1. The minimum atomic E-state index is -4.02. The zero-order chi connectivity index (χ0) is 21.6. The molecule has 2 heterocycles. The summed E-state index contributed by atoms with van der Waals surface area (Å²) in [6.45, 7) is 0. The predicted octanol–water partition coefficient (Wildman–Crippen LogP) is 5.58. The van der Waals surface area contributed by atoms with Gasteiger partial charge in [0.25, 0.3) is 10.0 Å². The van der Waals surface area contributed by atoms with E-state index in [1.807, 2.05) is 42.5 Å². The highest BCUT2D eigenvalue weighted by Crippen LogP contribution is 2.41. The summed E-state index contributed by atoms with van der Waals surface area (Å²) in [6.07, 6.45) is 0.626. The summed E-state index contributed by atoms with van der Waals surface area (Å²) in [5.41, 5.74) is 1.21. The fraction of sp³-hybridized carbons (Fsp3) is 0.0417. The molecule has 31 heavy (non-hydrogen) atoms. The quantitative estimate of drug-likeness (QED) is 0.330. The molecule has 0 atom stereocenters. The van der Waals surface area contributed by atoms with Crippen molar-refractivity contribution in [3.63, 3.8) is 0 Å². The van der Waals surface area contributed by atoms with Crippen molar-refractivity contribution < 1.29 is 17.9 Å². The number of carbonyl (C=O) groups is 1. The average molecular weight is 448 g/mol. The van der Waals surface area contributed by atoms with Gasteiger partial charge in [-0.05, 0) is 47.9 Å². The maximum absolute atomic E-state index is 13.6. The average Bonchev–Trinajstić information content (AvgIpc) is 3.37. The van der Waals surface area contributed by atoms with Crippen LogP contribution in [-0.4, -0.2) is 25.8 Å². The van der Waals surface area contributed by atoms with Crippen molar-refractivity contribution in [1.29, 1.82) is 0 Å². The molecule has 0 aliphatic heterocycles. The van der Waals surface area contributed by atoms with Gasteiger partial charge < -0.3 is 4.74 Å². The van der Waals surface area contributed by atoms with Gasteiger partial charge in [0, 0.05) is 20.5 Å². The summed E-state index contributed by atoms with van der Waals surface area (Å²) in [5.74, 6) is 0.554. The number of rotatable bonds is 5. The lowest BCUT2D eigenvalue weighted by atomic mass is 10.1. The van der Waals surface area contributed by atoms with Crippen LogP contribution in [-0.2, 0) is 10.0 Å². The third kappa shape index (κ3) is 3.05. The molecule has 5 rings (SSSR count). The highest BCUT2D eigenvalue weighted by Gasteiger charge is 2.28. The zero-order valence-electron chi connectivity index (χ0n) is 16.5. The number of benzene rings is 3. The van der Waals surface area contributed by atoms with Crippen LogP contribution in [0.1, 0.15) is 10.5 Å². The summed E-state index contributed by atoms with van der Waals surface area (Å²) in [7, 11) is -2.50. The Morgan fingerprint density at radius 2 is 1.65 bits per heavy atom. The Morgan fingerprint density at radius 3 is 2.35 bits per heavy atom.